The van der Waals surface area contributed by atoms with Gasteiger partial charge in [0.2, 0.25) is 5.91 Å². The molecule has 0 aliphatic carbocycles. The lowest BCUT2D eigenvalue weighted by Crippen LogP contribution is -2.39. The molecule has 1 atom stereocenters. The Morgan fingerprint density at radius 2 is 1.83 bits per heavy atom. The first kappa shape index (κ1) is 23.7. The van der Waals surface area contributed by atoms with Gasteiger partial charge >= 0.3 is 0 Å². The average Bonchev–Trinajstić information content (AvgIpc) is 3.61. The van der Waals surface area contributed by atoms with Gasteiger partial charge in [0.05, 0.1) is 29.9 Å². The van der Waals surface area contributed by atoms with Crippen LogP contribution in [0.2, 0.25) is 0 Å². The molecular weight excluding hydrogens is 464 g/mol. The number of amides is 2. The predicted molar refractivity (Wildman–Crippen MR) is 134 cm³/mol. The molecule has 2 aromatic heterocycles. The van der Waals surface area contributed by atoms with Crippen molar-refractivity contribution >= 4 is 28.8 Å². The van der Waals surface area contributed by atoms with Crippen molar-refractivity contribution in [2.75, 3.05) is 31.6 Å². The molecule has 0 bridgehead atoms. The Labute approximate surface area is 208 Å². The first-order valence-corrected chi connectivity index (χ1v) is 13.0. The summed E-state index contributed by atoms with van der Waals surface area (Å²) in [7, 11) is 0. The second-order valence-electron chi connectivity index (χ2n) is 9.19. The molecule has 2 aliphatic heterocycles. The highest BCUT2D eigenvalue weighted by atomic mass is 32.1. The molecule has 5 rings (SSSR count). The summed E-state index contributed by atoms with van der Waals surface area (Å²) in [6.07, 6.45) is 6.01. The second-order valence-corrected chi connectivity index (χ2v) is 10.2. The maximum absolute atomic E-state index is 13.0. The van der Waals surface area contributed by atoms with Crippen LogP contribution in [0.1, 0.15) is 47.0 Å². The maximum atomic E-state index is 13.0. The fourth-order valence-corrected chi connectivity index (χ4v) is 5.59. The molecular formula is C26H30N4O4S. The van der Waals surface area contributed by atoms with Crippen molar-refractivity contribution < 1.29 is 19.4 Å². The van der Waals surface area contributed by atoms with E-state index in [-0.39, 0.29) is 23.7 Å². The lowest BCUT2D eigenvalue weighted by atomic mass is 9.90. The molecule has 0 saturated carbocycles. The van der Waals surface area contributed by atoms with Crippen LogP contribution in [0.5, 0.6) is 0 Å². The van der Waals surface area contributed by atoms with Gasteiger partial charge in [-0.3, -0.25) is 9.59 Å². The molecule has 3 aromatic rings. The van der Waals surface area contributed by atoms with E-state index in [1.54, 1.807) is 28.4 Å². The minimum atomic E-state index is -0.452. The summed E-state index contributed by atoms with van der Waals surface area (Å²) in [6, 6.07) is 11.3. The van der Waals surface area contributed by atoms with E-state index in [0.717, 1.165) is 36.2 Å². The zero-order valence-electron chi connectivity index (χ0n) is 19.5. The molecule has 2 N–H and O–H groups in total. The van der Waals surface area contributed by atoms with Gasteiger partial charge in [0.15, 0.2) is 0 Å². The van der Waals surface area contributed by atoms with E-state index in [0.29, 0.717) is 37.6 Å². The average molecular weight is 495 g/mol. The van der Waals surface area contributed by atoms with Crippen LogP contribution in [0.15, 0.2) is 54.2 Å². The number of hydrogen-bond donors (Lipinski definition) is 2. The number of thiophene rings is 1. The SMILES string of the molecule is O=C(Nc1cnn(-c2ccc(C(=O)N3CCC([C@@H](O)c4cccs4)CC3)cc2)c1)C1CCOCC1. The number of carbonyl (C=O) groups excluding carboxylic acids is 2. The van der Waals surface area contributed by atoms with E-state index >= 15 is 0 Å². The van der Waals surface area contributed by atoms with E-state index in [1.807, 2.05) is 46.7 Å². The standard InChI is InChI=1S/C26H30N4O4S/c31-24(23-2-1-15-35-23)18-7-11-29(12-8-18)26(33)20-3-5-22(6-4-20)30-17-21(16-27-30)28-25(32)19-9-13-34-14-10-19/h1-6,15-19,24,31H,7-14H2,(H,28,32)/t24-/m1/s1. The molecule has 184 valence electrons. The fourth-order valence-electron chi connectivity index (χ4n) is 4.78. The van der Waals surface area contributed by atoms with Crippen LogP contribution in [0, 0.1) is 11.8 Å². The number of aliphatic hydroxyl groups excluding tert-OH is 1. The van der Waals surface area contributed by atoms with Crippen molar-refractivity contribution in [2.45, 2.75) is 31.8 Å². The summed E-state index contributed by atoms with van der Waals surface area (Å²) in [5.74, 6) is 0.161. The van der Waals surface area contributed by atoms with Gasteiger partial charge in [0, 0.05) is 42.7 Å². The number of aromatic nitrogens is 2. The van der Waals surface area contributed by atoms with Gasteiger partial charge in [-0.2, -0.15) is 5.10 Å². The molecule has 2 saturated heterocycles. The third kappa shape index (κ3) is 5.47. The largest absolute Gasteiger partial charge is 0.387 e. The summed E-state index contributed by atoms with van der Waals surface area (Å²) in [5.41, 5.74) is 2.09. The normalized spacial score (nSPS) is 18.4. The van der Waals surface area contributed by atoms with Crippen molar-refractivity contribution in [1.29, 1.82) is 0 Å². The molecule has 0 radical (unpaired) electrons. The Morgan fingerprint density at radius 1 is 1.09 bits per heavy atom. The summed E-state index contributed by atoms with van der Waals surface area (Å²) in [6.45, 7) is 2.53. The zero-order valence-corrected chi connectivity index (χ0v) is 20.3. The third-order valence-electron chi connectivity index (χ3n) is 6.93. The fraction of sp³-hybridized carbons (Fsp3) is 0.423. The number of nitrogens with one attached hydrogen (secondary N) is 1. The van der Waals surface area contributed by atoms with Crippen molar-refractivity contribution in [2.24, 2.45) is 11.8 Å². The number of benzene rings is 1. The second kappa shape index (κ2) is 10.7. The minimum Gasteiger partial charge on any atom is -0.387 e. The van der Waals surface area contributed by atoms with Crippen molar-refractivity contribution in [1.82, 2.24) is 14.7 Å². The number of piperidine rings is 1. The maximum Gasteiger partial charge on any atom is 0.253 e. The van der Waals surface area contributed by atoms with Gasteiger partial charge < -0.3 is 20.1 Å². The Morgan fingerprint density at radius 3 is 2.51 bits per heavy atom. The summed E-state index contributed by atoms with van der Waals surface area (Å²) in [4.78, 5) is 28.3. The quantitative estimate of drug-likeness (QED) is 0.542. The zero-order chi connectivity index (χ0) is 24.2. The Bertz CT molecular complexity index is 1130. The summed E-state index contributed by atoms with van der Waals surface area (Å²) in [5, 5.41) is 19.9. The van der Waals surface area contributed by atoms with E-state index in [9.17, 15) is 14.7 Å². The number of carbonyl (C=O) groups is 2. The van der Waals surface area contributed by atoms with Gasteiger partial charge in [-0.25, -0.2) is 4.68 Å². The smallest absolute Gasteiger partial charge is 0.253 e. The monoisotopic (exact) mass is 494 g/mol. The van der Waals surface area contributed by atoms with E-state index in [4.69, 9.17) is 4.74 Å². The number of anilines is 1. The lowest BCUT2D eigenvalue weighted by molar-refractivity contribution is -0.122. The van der Waals surface area contributed by atoms with Gasteiger partial charge in [-0.15, -0.1) is 11.3 Å². The predicted octanol–water partition coefficient (Wildman–Crippen LogP) is 3.88. The Kier molecular flexibility index (Phi) is 7.26. The first-order chi connectivity index (χ1) is 17.1. The number of likely N-dealkylation sites (tertiary alicyclic amines) is 1. The lowest BCUT2D eigenvalue weighted by Gasteiger charge is -2.34. The third-order valence-corrected chi connectivity index (χ3v) is 7.87. The van der Waals surface area contributed by atoms with Crippen LogP contribution in [-0.4, -0.2) is 57.9 Å². The molecule has 1 aromatic carbocycles. The Balaban J connectivity index is 1.16. The first-order valence-electron chi connectivity index (χ1n) is 12.1. The molecule has 0 spiro atoms. The van der Waals surface area contributed by atoms with E-state index < -0.39 is 6.10 Å². The summed E-state index contributed by atoms with van der Waals surface area (Å²) < 4.78 is 7.01. The van der Waals surface area contributed by atoms with Gasteiger partial charge in [-0.05, 0) is 67.3 Å². The van der Waals surface area contributed by atoms with Gasteiger partial charge in [0.1, 0.15) is 0 Å². The summed E-state index contributed by atoms with van der Waals surface area (Å²) >= 11 is 1.58. The number of nitrogens with zero attached hydrogens (tertiary/aromatic N) is 3. The number of aliphatic hydroxyl groups is 1. The molecule has 0 unspecified atom stereocenters. The molecule has 9 heteroatoms. The van der Waals surface area contributed by atoms with E-state index in [1.165, 1.54) is 0 Å². The highest BCUT2D eigenvalue weighted by Gasteiger charge is 2.29. The Hall–Kier alpha value is -3.01. The molecule has 8 nitrogen and oxygen atoms in total. The number of rotatable bonds is 6. The van der Waals surface area contributed by atoms with Crippen LogP contribution in [0.4, 0.5) is 5.69 Å². The molecule has 2 aliphatic rings. The highest BCUT2D eigenvalue weighted by molar-refractivity contribution is 7.10. The van der Waals surface area contributed by atoms with E-state index in [2.05, 4.69) is 10.4 Å². The number of ether oxygens (including phenoxy) is 1. The minimum absolute atomic E-state index is 0.000438. The van der Waals surface area contributed by atoms with Gasteiger partial charge in [0.25, 0.3) is 5.91 Å². The topological polar surface area (TPSA) is 96.7 Å². The number of hydrogen-bond acceptors (Lipinski definition) is 6. The van der Waals surface area contributed by atoms with Crippen LogP contribution in [0.3, 0.4) is 0 Å². The van der Waals surface area contributed by atoms with Crippen LogP contribution < -0.4 is 5.32 Å². The van der Waals surface area contributed by atoms with Crippen LogP contribution >= 0.6 is 11.3 Å². The van der Waals surface area contributed by atoms with Crippen LogP contribution in [0.25, 0.3) is 5.69 Å². The van der Waals surface area contributed by atoms with Crippen LogP contribution in [-0.2, 0) is 9.53 Å². The highest BCUT2D eigenvalue weighted by Crippen LogP contribution is 2.33. The van der Waals surface area contributed by atoms with Crippen molar-refractivity contribution in [3.63, 3.8) is 0 Å². The van der Waals surface area contributed by atoms with Crippen molar-refractivity contribution in [3.05, 3.63) is 64.6 Å². The van der Waals surface area contributed by atoms with Crippen molar-refractivity contribution in [3.8, 4) is 5.69 Å². The van der Waals surface area contributed by atoms with Gasteiger partial charge in [-0.1, -0.05) is 6.07 Å². The molecule has 4 heterocycles. The molecule has 2 amide bonds. The molecule has 2 fully saturated rings. The molecule has 35 heavy (non-hydrogen) atoms.